The van der Waals surface area contributed by atoms with Gasteiger partial charge in [-0.25, -0.2) is 0 Å². The van der Waals surface area contributed by atoms with Gasteiger partial charge in [0.2, 0.25) is 0 Å². The van der Waals surface area contributed by atoms with Gasteiger partial charge in [0, 0.05) is 13.1 Å². The van der Waals surface area contributed by atoms with Crippen molar-refractivity contribution < 1.29 is 9.90 Å². The minimum atomic E-state index is -0.601. The van der Waals surface area contributed by atoms with Crippen LogP contribution in [-0.2, 0) is 4.79 Å². The van der Waals surface area contributed by atoms with Crippen LogP contribution < -0.4 is 0 Å². The molecule has 0 spiro atoms. The number of aliphatic carboxylic acids is 1. The maximum Gasteiger partial charge on any atom is 0.307 e. The molecule has 1 N–H and O–H groups in total. The molecular formula is C12H21NO2. The van der Waals surface area contributed by atoms with Crippen LogP contribution in [0.5, 0.6) is 0 Å². The molecule has 0 radical (unpaired) electrons. The van der Waals surface area contributed by atoms with Crippen LogP contribution in [0.15, 0.2) is 0 Å². The summed E-state index contributed by atoms with van der Waals surface area (Å²) in [5.41, 5.74) is 0. The monoisotopic (exact) mass is 211 g/mol. The number of nitrogens with zero attached hydrogens (tertiary/aromatic N) is 1. The Labute approximate surface area is 91.5 Å². The van der Waals surface area contributed by atoms with Crippen molar-refractivity contribution in [3.8, 4) is 0 Å². The Morgan fingerprint density at radius 2 is 2.00 bits per heavy atom. The number of hydrogen-bond acceptors (Lipinski definition) is 2. The molecule has 0 aromatic carbocycles. The molecule has 15 heavy (non-hydrogen) atoms. The van der Waals surface area contributed by atoms with Crippen molar-refractivity contribution in [2.45, 2.75) is 38.5 Å². The molecule has 1 saturated heterocycles. The average Bonchev–Trinajstić information content (AvgIpc) is 2.36. The first-order valence-electron chi connectivity index (χ1n) is 6.21. The van der Waals surface area contributed by atoms with Gasteiger partial charge in [0.1, 0.15) is 0 Å². The summed E-state index contributed by atoms with van der Waals surface area (Å²) in [4.78, 5) is 13.4. The van der Waals surface area contributed by atoms with Crippen LogP contribution in [0.4, 0.5) is 0 Å². The molecule has 1 saturated carbocycles. The lowest BCUT2D eigenvalue weighted by molar-refractivity contribution is -0.142. The molecule has 1 atom stereocenters. The minimum absolute atomic E-state index is 0.118. The quantitative estimate of drug-likeness (QED) is 0.776. The maximum atomic E-state index is 11.0. The van der Waals surface area contributed by atoms with Gasteiger partial charge in [-0.15, -0.1) is 0 Å². The molecule has 1 heterocycles. The van der Waals surface area contributed by atoms with E-state index in [-0.39, 0.29) is 5.92 Å². The zero-order valence-corrected chi connectivity index (χ0v) is 9.32. The van der Waals surface area contributed by atoms with E-state index in [0.29, 0.717) is 0 Å². The molecule has 3 heteroatoms. The van der Waals surface area contributed by atoms with E-state index in [2.05, 4.69) is 4.90 Å². The highest BCUT2D eigenvalue weighted by molar-refractivity contribution is 5.70. The van der Waals surface area contributed by atoms with Gasteiger partial charge in [-0.05, 0) is 38.1 Å². The van der Waals surface area contributed by atoms with Crippen LogP contribution in [-0.4, -0.2) is 35.6 Å². The number of likely N-dealkylation sites (tertiary alicyclic amines) is 1. The minimum Gasteiger partial charge on any atom is -0.481 e. The van der Waals surface area contributed by atoms with Gasteiger partial charge in [-0.3, -0.25) is 4.79 Å². The summed E-state index contributed by atoms with van der Waals surface area (Å²) in [6.07, 6.45) is 7.22. The van der Waals surface area contributed by atoms with Gasteiger partial charge < -0.3 is 10.0 Å². The summed E-state index contributed by atoms with van der Waals surface area (Å²) in [6.45, 7) is 3.04. The third kappa shape index (κ3) is 2.94. The normalized spacial score (nSPS) is 29.5. The Morgan fingerprint density at radius 3 is 2.60 bits per heavy atom. The highest BCUT2D eigenvalue weighted by Gasteiger charge is 2.26. The summed E-state index contributed by atoms with van der Waals surface area (Å²) < 4.78 is 0. The van der Waals surface area contributed by atoms with E-state index in [1.165, 1.54) is 25.7 Å². The molecule has 86 valence electrons. The Kier molecular flexibility index (Phi) is 3.62. The predicted octanol–water partition coefficient (Wildman–Crippen LogP) is 1.97. The predicted molar refractivity (Wildman–Crippen MR) is 58.8 cm³/mol. The second kappa shape index (κ2) is 4.97. The van der Waals surface area contributed by atoms with Crippen molar-refractivity contribution in [1.82, 2.24) is 4.90 Å². The van der Waals surface area contributed by atoms with Crippen LogP contribution in [0, 0.1) is 11.8 Å². The van der Waals surface area contributed by atoms with Gasteiger partial charge in [0.25, 0.3) is 0 Å². The standard InChI is InChI=1S/C12H21NO2/c14-12(15)11-6-1-2-7-13(9-11)8-10-4-3-5-10/h10-11H,1-9H2,(H,14,15). The van der Waals surface area contributed by atoms with Crippen molar-refractivity contribution in [1.29, 1.82) is 0 Å². The Morgan fingerprint density at radius 1 is 1.20 bits per heavy atom. The molecule has 0 aromatic heterocycles. The third-order valence-electron chi connectivity index (χ3n) is 3.85. The van der Waals surface area contributed by atoms with Gasteiger partial charge >= 0.3 is 5.97 Å². The van der Waals surface area contributed by atoms with Gasteiger partial charge in [-0.1, -0.05) is 12.8 Å². The number of carboxylic acid groups (broad SMARTS) is 1. The zero-order valence-electron chi connectivity index (χ0n) is 9.32. The van der Waals surface area contributed by atoms with E-state index in [1.807, 2.05) is 0 Å². The SMILES string of the molecule is O=C(O)C1CCCCN(CC2CCC2)C1. The number of carboxylic acids is 1. The topological polar surface area (TPSA) is 40.5 Å². The Hall–Kier alpha value is -0.570. The van der Waals surface area contributed by atoms with Gasteiger partial charge in [-0.2, -0.15) is 0 Å². The number of hydrogen-bond donors (Lipinski definition) is 1. The molecule has 2 rings (SSSR count). The van der Waals surface area contributed by atoms with Gasteiger partial charge in [0.05, 0.1) is 5.92 Å². The van der Waals surface area contributed by atoms with E-state index in [4.69, 9.17) is 5.11 Å². The van der Waals surface area contributed by atoms with Crippen LogP contribution >= 0.6 is 0 Å². The largest absolute Gasteiger partial charge is 0.481 e. The fourth-order valence-corrected chi connectivity index (χ4v) is 2.63. The summed E-state index contributed by atoms with van der Waals surface area (Å²) in [5, 5.41) is 9.06. The van der Waals surface area contributed by atoms with E-state index in [1.54, 1.807) is 0 Å². The van der Waals surface area contributed by atoms with Crippen LogP contribution in [0.3, 0.4) is 0 Å². The van der Waals surface area contributed by atoms with Crippen molar-refractivity contribution in [2.75, 3.05) is 19.6 Å². The lowest BCUT2D eigenvalue weighted by Crippen LogP contribution is -2.37. The molecule has 3 nitrogen and oxygen atoms in total. The van der Waals surface area contributed by atoms with E-state index in [0.717, 1.165) is 38.4 Å². The lowest BCUT2D eigenvalue weighted by Gasteiger charge is -2.32. The maximum absolute atomic E-state index is 11.0. The first-order valence-corrected chi connectivity index (χ1v) is 6.21. The fraction of sp³-hybridized carbons (Fsp3) is 0.917. The summed E-state index contributed by atoms with van der Waals surface area (Å²) in [5.74, 6) is 0.139. The molecular weight excluding hydrogens is 190 g/mol. The molecule has 0 aromatic rings. The van der Waals surface area contributed by atoms with Crippen LogP contribution in [0.1, 0.15) is 38.5 Å². The number of rotatable bonds is 3. The van der Waals surface area contributed by atoms with Gasteiger partial charge in [0.15, 0.2) is 0 Å². The average molecular weight is 211 g/mol. The molecule has 0 bridgehead atoms. The van der Waals surface area contributed by atoms with Crippen LogP contribution in [0.25, 0.3) is 0 Å². The molecule has 0 amide bonds. The Balaban J connectivity index is 1.83. The second-order valence-electron chi connectivity index (χ2n) is 5.09. The molecule has 1 unspecified atom stereocenters. The van der Waals surface area contributed by atoms with Crippen molar-refractivity contribution >= 4 is 5.97 Å². The first-order chi connectivity index (χ1) is 7.25. The highest BCUT2D eigenvalue weighted by atomic mass is 16.4. The lowest BCUT2D eigenvalue weighted by atomic mass is 9.85. The third-order valence-corrected chi connectivity index (χ3v) is 3.85. The highest BCUT2D eigenvalue weighted by Crippen LogP contribution is 2.28. The molecule has 2 fully saturated rings. The molecule has 1 aliphatic heterocycles. The van der Waals surface area contributed by atoms with Crippen molar-refractivity contribution in [2.24, 2.45) is 11.8 Å². The smallest absolute Gasteiger partial charge is 0.307 e. The molecule has 1 aliphatic carbocycles. The first kappa shape index (κ1) is 10.9. The number of carbonyl (C=O) groups is 1. The van der Waals surface area contributed by atoms with Crippen LogP contribution in [0.2, 0.25) is 0 Å². The summed E-state index contributed by atoms with van der Waals surface area (Å²) in [7, 11) is 0. The Bertz CT molecular complexity index is 226. The summed E-state index contributed by atoms with van der Waals surface area (Å²) in [6, 6.07) is 0. The van der Waals surface area contributed by atoms with E-state index < -0.39 is 5.97 Å². The van der Waals surface area contributed by atoms with Crippen molar-refractivity contribution in [3.63, 3.8) is 0 Å². The van der Waals surface area contributed by atoms with E-state index >= 15 is 0 Å². The fourth-order valence-electron chi connectivity index (χ4n) is 2.63. The second-order valence-corrected chi connectivity index (χ2v) is 5.09. The van der Waals surface area contributed by atoms with E-state index in [9.17, 15) is 4.79 Å². The molecule has 2 aliphatic rings. The van der Waals surface area contributed by atoms with Crippen molar-refractivity contribution in [3.05, 3.63) is 0 Å². The summed E-state index contributed by atoms with van der Waals surface area (Å²) >= 11 is 0. The zero-order chi connectivity index (χ0) is 10.7.